The predicted octanol–water partition coefficient (Wildman–Crippen LogP) is 1.51. The van der Waals surface area contributed by atoms with Crippen LogP contribution >= 0.6 is 0 Å². The normalized spacial score (nSPS) is 41.6. The zero-order valence-corrected chi connectivity index (χ0v) is 12.1. The third-order valence-electron chi connectivity index (χ3n) is 5.65. The molecule has 108 valence electrons. The van der Waals surface area contributed by atoms with Gasteiger partial charge in [-0.1, -0.05) is 0 Å². The number of rotatable bonds is 3. The Morgan fingerprint density at radius 2 is 1.89 bits per heavy atom. The van der Waals surface area contributed by atoms with Crippen LogP contribution in [0.1, 0.15) is 32.6 Å². The first-order chi connectivity index (χ1) is 8.98. The van der Waals surface area contributed by atoms with E-state index >= 15 is 0 Å². The molecule has 1 saturated carbocycles. The van der Waals surface area contributed by atoms with Gasteiger partial charge in [-0.15, -0.1) is 0 Å². The van der Waals surface area contributed by atoms with Gasteiger partial charge in [0.15, 0.2) is 0 Å². The molecular weight excluding hydrogens is 240 g/mol. The van der Waals surface area contributed by atoms with Crippen LogP contribution in [0, 0.1) is 17.3 Å². The van der Waals surface area contributed by atoms with Crippen molar-refractivity contribution >= 4 is 5.97 Å². The van der Waals surface area contributed by atoms with E-state index in [0.717, 1.165) is 24.7 Å². The first-order valence-corrected chi connectivity index (χ1v) is 7.64. The number of carboxylic acids is 1. The van der Waals surface area contributed by atoms with E-state index in [-0.39, 0.29) is 0 Å². The number of nitrogens with zero attached hydrogens (tertiary/aromatic N) is 2. The molecule has 2 heterocycles. The maximum atomic E-state index is 11.2. The SMILES string of the molecule is CN1CC([C@H]2CCCN(C3CC(C)(C(=O)O)C3)C2)C1. The van der Waals surface area contributed by atoms with E-state index in [2.05, 4.69) is 16.8 Å². The summed E-state index contributed by atoms with van der Waals surface area (Å²) in [5.74, 6) is 1.12. The van der Waals surface area contributed by atoms with Crippen molar-refractivity contribution in [1.82, 2.24) is 9.80 Å². The van der Waals surface area contributed by atoms with Gasteiger partial charge < -0.3 is 14.9 Å². The first kappa shape index (κ1) is 13.4. The zero-order valence-electron chi connectivity index (χ0n) is 12.1. The lowest BCUT2D eigenvalue weighted by atomic mass is 9.65. The van der Waals surface area contributed by atoms with Crippen molar-refractivity contribution in [2.75, 3.05) is 33.2 Å². The highest BCUT2D eigenvalue weighted by Gasteiger charge is 2.49. The summed E-state index contributed by atoms with van der Waals surface area (Å²) >= 11 is 0. The van der Waals surface area contributed by atoms with Gasteiger partial charge in [0.2, 0.25) is 0 Å². The number of aliphatic carboxylic acids is 1. The largest absolute Gasteiger partial charge is 0.481 e. The molecule has 1 atom stereocenters. The van der Waals surface area contributed by atoms with E-state index < -0.39 is 11.4 Å². The van der Waals surface area contributed by atoms with Crippen LogP contribution in [0.4, 0.5) is 0 Å². The molecule has 0 bridgehead atoms. The summed E-state index contributed by atoms with van der Waals surface area (Å²) in [6, 6.07) is 0.529. The highest BCUT2D eigenvalue weighted by atomic mass is 16.4. The van der Waals surface area contributed by atoms with Gasteiger partial charge in [-0.2, -0.15) is 0 Å². The van der Waals surface area contributed by atoms with Gasteiger partial charge in [-0.3, -0.25) is 4.79 Å². The Morgan fingerprint density at radius 3 is 2.47 bits per heavy atom. The molecule has 2 saturated heterocycles. The van der Waals surface area contributed by atoms with Crippen molar-refractivity contribution in [3.8, 4) is 0 Å². The van der Waals surface area contributed by atoms with E-state index in [1.807, 2.05) is 6.92 Å². The number of hydrogen-bond donors (Lipinski definition) is 1. The fourth-order valence-corrected chi connectivity index (χ4v) is 4.22. The Balaban J connectivity index is 1.51. The first-order valence-electron chi connectivity index (χ1n) is 7.64. The lowest BCUT2D eigenvalue weighted by molar-refractivity contribution is -0.158. The lowest BCUT2D eigenvalue weighted by Gasteiger charge is -2.52. The summed E-state index contributed by atoms with van der Waals surface area (Å²) in [6.45, 7) is 6.80. The Hall–Kier alpha value is -0.610. The monoisotopic (exact) mass is 266 g/mol. The molecule has 3 aliphatic rings. The number of likely N-dealkylation sites (tertiary alicyclic amines) is 2. The van der Waals surface area contributed by atoms with Crippen LogP contribution in [0.25, 0.3) is 0 Å². The van der Waals surface area contributed by atoms with Gasteiger partial charge in [-0.25, -0.2) is 0 Å². The summed E-state index contributed by atoms with van der Waals surface area (Å²) in [5, 5.41) is 9.20. The number of carbonyl (C=O) groups is 1. The van der Waals surface area contributed by atoms with E-state index in [1.165, 1.54) is 39.0 Å². The molecule has 3 rings (SSSR count). The maximum Gasteiger partial charge on any atom is 0.309 e. The molecule has 3 fully saturated rings. The van der Waals surface area contributed by atoms with Gasteiger partial charge in [0.05, 0.1) is 5.41 Å². The van der Waals surface area contributed by atoms with E-state index in [9.17, 15) is 9.90 Å². The molecular formula is C15H26N2O2. The van der Waals surface area contributed by atoms with Gasteiger partial charge >= 0.3 is 5.97 Å². The summed E-state index contributed by atoms with van der Waals surface area (Å²) in [6.07, 6.45) is 4.36. The van der Waals surface area contributed by atoms with Crippen LogP contribution < -0.4 is 0 Å². The topological polar surface area (TPSA) is 43.8 Å². The van der Waals surface area contributed by atoms with Crippen LogP contribution in [0.15, 0.2) is 0 Å². The van der Waals surface area contributed by atoms with Gasteiger partial charge in [-0.05, 0) is 58.0 Å². The van der Waals surface area contributed by atoms with E-state index in [0.29, 0.717) is 6.04 Å². The summed E-state index contributed by atoms with van der Waals surface area (Å²) in [5.41, 5.74) is -0.450. The number of hydrogen-bond acceptors (Lipinski definition) is 3. The summed E-state index contributed by atoms with van der Waals surface area (Å²) in [7, 11) is 2.20. The molecule has 1 N–H and O–H groups in total. The molecule has 0 aromatic carbocycles. The summed E-state index contributed by atoms with van der Waals surface area (Å²) < 4.78 is 0. The predicted molar refractivity (Wildman–Crippen MR) is 74.0 cm³/mol. The van der Waals surface area contributed by atoms with Crippen molar-refractivity contribution in [2.45, 2.75) is 38.6 Å². The Morgan fingerprint density at radius 1 is 1.21 bits per heavy atom. The van der Waals surface area contributed by atoms with Crippen LogP contribution in [-0.4, -0.2) is 60.1 Å². The smallest absolute Gasteiger partial charge is 0.309 e. The zero-order chi connectivity index (χ0) is 13.6. The molecule has 4 nitrogen and oxygen atoms in total. The highest BCUT2D eigenvalue weighted by Crippen LogP contribution is 2.45. The molecule has 0 aromatic heterocycles. The van der Waals surface area contributed by atoms with Crippen molar-refractivity contribution < 1.29 is 9.90 Å². The molecule has 1 aliphatic carbocycles. The van der Waals surface area contributed by atoms with Crippen molar-refractivity contribution in [2.24, 2.45) is 17.3 Å². The summed E-state index contributed by atoms with van der Waals surface area (Å²) in [4.78, 5) is 16.1. The Bertz CT molecular complexity index is 359. The molecule has 0 radical (unpaired) electrons. The van der Waals surface area contributed by atoms with Crippen molar-refractivity contribution in [3.05, 3.63) is 0 Å². The van der Waals surface area contributed by atoms with Gasteiger partial charge in [0.1, 0.15) is 0 Å². The average Bonchev–Trinajstić information content (AvgIpc) is 2.31. The average molecular weight is 266 g/mol. The molecule has 19 heavy (non-hydrogen) atoms. The van der Waals surface area contributed by atoms with Crippen LogP contribution in [-0.2, 0) is 4.79 Å². The minimum atomic E-state index is -0.613. The molecule has 0 unspecified atom stereocenters. The molecule has 0 amide bonds. The van der Waals surface area contributed by atoms with Gasteiger partial charge in [0.25, 0.3) is 0 Å². The van der Waals surface area contributed by atoms with Crippen LogP contribution in [0.2, 0.25) is 0 Å². The molecule has 2 aliphatic heterocycles. The molecule has 4 heteroatoms. The maximum absolute atomic E-state index is 11.2. The fraction of sp³-hybridized carbons (Fsp3) is 0.933. The number of piperidine rings is 1. The fourth-order valence-electron chi connectivity index (χ4n) is 4.22. The second-order valence-corrected chi connectivity index (χ2v) is 7.31. The second-order valence-electron chi connectivity index (χ2n) is 7.31. The minimum Gasteiger partial charge on any atom is -0.481 e. The highest BCUT2D eigenvalue weighted by molar-refractivity contribution is 5.75. The Kier molecular flexibility index (Phi) is 3.34. The van der Waals surface area contributed by atoms with Crippen LogP contribution in [0.3, 0.4) is 0 Å². The van der Waals surface area contributed by atoms with E-state index in [4.69, 9.17) is 0 Å². The third-order valence-corrected chi connectivity index (χ3v) is 5.65. The quantitative estimate of drug-likeness (QED) is 0.841. The molecule has 0 spiro atoms. The second kappa shape index (κ2) is 4.74. The Labute approximate surface area is 115 Å². The van der Waals surface area contributed by atoms with Gasteiger partial charge in [0, 0.05) is 25.7 Å². The van der Waals surface area contributed by atoms with Crippen LogP contribution in [0.5, 0.6) is 0 Å². The number of carboxylic acid groups (broad SMARTS) is 1. The van der Waals surface area contributed by atoms with Crippen molar-refractivity contribution in [3.63, 3.8) is 0 Å². The molecule has 0 aromatic rings. The standard InChI is InChI=1S/C15H26N2O2/c1-15(14(18)19)6-13(7-15)17-5-3-4-11(10-17)12-8-16(2)9-12/h11-13H,3-10H2,1-2H3,(H,18,19)/t11-,13?,15?/m0/s1. The van der Waals surface area contributed by atoms with Crippen molar-refractivity contribution in [1.29, 1.82) is 0 Å². The van der Waals surface area contributed by atoms with E-state index in [1.54, 1.807) is 0 Å². The lowest BCUT2D eigenvalue weighted by Crippen LogP contribution is -2.58. The minimum absolute atomic E-state index is 0.450. The third kappa shape index (κ3) is 2.40.